The topological polar surface area (TPSA) is 17.1 Å². The molecule has 3 aromatic rings. The highest BCUT2D eigenvalue weighted by molar-refractivity contribution is 5.81. The van der Waals surface area contributed by atoms with Crippen LogP contribution >= 0.6 is 0 Å². The van der Waals surface area contributed by atoms with Gasteiger partial charge in [-0.3, -0.25) is 4.79 Å². The maximum atomic E-state index is 12.7. The van der Waals surface area contributed by atoms with E-state index in [1.165, 1.54) is 27.8 Å². The van der Waals surface area contributed by atoms with Gasteiger partial charge in [-0.1, -0.05) is 110 Å². The third-order valence-electron chi connectivity index (χ3n) is 6.48. The van der Waals surface area contributed by atoms with Crippen molar-refractivity contribution in [2.45, 2.75) is 45.4 Å². The number of hydrogen-bond donors (Lipinski definition) is 0. The Bertz CT molecular complexity index is 1070. The van der Waals surface area contributed by atoms with Crippen molar-refractivity contribution < 1.29 is 4.79 Å². The summed E-state index contributed by atoms with van der Waals surface area (Å²) in [5.74, 6) is 0.764. The van der Waals surface area contributed by atoms with Crippen LogP contribution in [-0.4, -0.2) is 5.78 Å². The van der Waals surface area contributed by atoms with Crippen LogP contribution in [0, 0.1) is 5.92 Å². The van der Waals surface area contributed by atoms with Crippen molar-refractivity contribution in [2.24, 2.45) is 5.92 Å². The summed E-state index contributed by atoms with van der Waals surface area (Å²) in [7, 11) is 0. The van der Waals surface area contributed by atoms with Gasteiger partial charge >= 0.3 is 0 Å². The van der Waals surface area contributed by atoms with Crippen LogP contribution in [0.25, 0.3) is 5.57 Å². The Morgan fingerprint density at radius 3 is 1.94 bits per heavy atom. The van der Waals surface area contributed by atoms with Crippen molar-refractivity contribution >= 4 is 11.4 Å². The molecule has 0 saturated carbocycles. The van der Waals surface area contributed by atoms with Crippen molar-refractivity contribution in [1.29, 1.82) is 0 Å². The number of ketones is 1. The van der Waals surface area contributed by atoms with E-state index in [0.29, 0.717) is 24.5 Å². The Morgan fingerprint density at radius 1 is 0.688 bits per heavy atom. The summed E-state index contributed by atoms with van der Waals surface area (Å²) in [6, 6.07) is 29.8. The van der Waals surface area contributed by atoms with Crippen molar-refractivity contribution in [3.05, 3.63) is 125 Å². The second kappa shape index (κ2) is 10.9. The highest BCUT2D eigenvalue weighted by atomic mass is 16.1. The lowest BCUT2D eigenvalue weighted by atomic mass is 9.86. The molecule has 1 nitrogen and oxygen atoms in total. The van der Waals surface area contributed by atoms with Gasteiger partial charge < -0.3 is 0 Å². The fourth-order valence-corrected chi connectivity index (χ4v) is 4.65. The highest BCUT2D eigenvalue weighted by Crippen LogP contribution is 2.38. The van der Waals surface area contributed by atoms with Gasteiger partial charge in [-0.25, -0.2) is 0 Å². The van der Waals surface area contributed by atoms with Crippen LogP contribution in [-0.2, 0) is 24.1 Å². The van der Waals surface area contributed by atoms with E-state index in [-0.39, 0.29) is 0 Å². The molecule has 0 fully saturated rings. The van der Waals surface area contributed by atoms with Crippen molar-refractivity contribution in [3.8, 4) is 0 Å². The Balaban J connectivity index is 1.25. The number of rotatable bonds is 10. The SMILES string of the molecule is CCC1C(CCC(=O)Cc2ccc(CCc3ccccc3)cc2)=CC=C1c1ccccc1. The molecule has 0 aromatic heterocycles. The van der Waals surface area contributed by atoms with Crippen LogP contribution in [0.4, 0.5) is 0 Å². The summed E-state index contributed by atoms with van der Waals surface area (Å²) >= 11 is 0. The molecular weight excluding hydrogens is 388 g/mol. The molecule has 0 heterocycles. The summed E-state index contributed by atoms with van der Waals surface area (Å²) in [5, 5.41) is 0. The molecule has 0 radical (unpaired) electrons. The fraction of sp³-hybridized carbons (Fsp3) is 0.258. The van der Waals surface area contributed by atoms with E-state index in [9.17, 15) is 4.79 Å². The van der Waals surface area contributed by atoms with Crippen molar-refractivity contribution in [2.75, 3.05) is 0 Å². The Kier molecular flexibility index (Phi) is 7.51. The minimum absolute atomic E-state index is 0.325. The first-order chi connectivity index (χ1) is 15.7. The van der Waals surface area contributed by atoms with E-state index in [1.54, 1.807) is 0 Å². The lowest BCUT2D eigenvalue weighted by molar-refractivity contribution is -0.118. The van der Waals surface area contributed by atoms with Crippen LogP contribution in [0.15, 0.2) is 103 Å². The lowest BCUT2D eigenvalue weighted by Gasteiger charge is -2.18. The molecule has 3 aromatic carbocycles. The zero-order chi connectivity index (χ0) is 22.2. The van der Waals surface area contributed by atoms with Crippen LogP contribution in [0.5, 0.6) is 0 Å². The monoisotopic (exact) mass is 420 g/mol. The first-order valence-electron chi connectivity index (χ1n) is 11.8. The molecule has 0 amide bonds. The summed E-state index contributed by atoms with van der Waals surface area (Å²) in [6.45, 7) is 2.24. The number of hydrogen-bond acceptors (Lipinski definition) is 1. The van der Waals surface area contributed by atoms with Gasteiger partial charge in [0.1, 0.15) is 5.78 Å². The summed E-state index contributed by atoms with van der Waals surface area (Å²) in [4.78, 5) is 12.7. The molecule has 1 aliphatic rings. The van der Waals surface area contributed by atoms with Crippen LogP contribution in [0.1, 0.15) is 48.4 Å². The predicted octanol–water partition coefficient (Wildman–Crippen LogP) is 7.41. The van der Waals surface area contributed by atoms with E-state index < -0.39 is 0 Å². The van der Waals surface area contributed by atoms with E-state index in [2.05, 4.69) is 104 Å². The van der Waals surface area contributed by atoms with E-state index in [1.807, 2.05) is 0 Å². The third-order valence-corrected chi connectivity index (χ3v) is 6.48. The first-order valence-corrected chi connectivity index (χ1v) is 11.8. The average Bonchev–Trinajstić information content (AvgIpc) is 3.26. The normalized spacial score (nSPS) is 15.3. The predicted molar refractivity (Wildman–Crippen MR) is 135 cm³/mol. The third kappa shape index (κ3) is 5.73. The number of aryl methyl sites for hydroxylation is 2. The molecule has 4 rings (SSSR count). The molecule has 0 spiro atoms. The minimum Gasteiger partial charge on any atom is -0.299 e. The van der Waals surface area contributed by atoms with Gasteiger partial charge in [-0.05, 0) is 53.5 Å². The maximum Gasteiger partial charge on any atom is 0.137 e. The molecule has 0 aliphatic heterocycles. The zero-order valence-corrected chi connectivity index (χ0v) is 19.0. The lowest BCUT2D eigenvalue weighted by Crippen LogP contribution is -2.07. The molecule has 32 heavy (non-hydrogen) atoms. The van der Waals surface area contributed by atoms with Gasteiger partial charge in [-0.15, -0.1) is 0 Å². The number of carbonyl (C=O) groups is 1. The van der Waals surface area contributed by atoms with Crippen molar-refractivity contribution in [3.63, 3.8) is 0 Å². The Labute approximate surface area is 192 Å². The molecule has 162 valence electrons. The van der Waals surface area contributed by atoms with Gasteiger partial charge in [0.15, 0.2) is 0 Å². The van der Waals surface area contributed by atoms with Gasteiger partial charge in [0.25, 0.3) is 0 Å². The fourth-order valence-electron chi connectivity index (χ4n) is 4.65. The van der Waals surface area contributed by atoms with Gasteiger partial charge in [-0.2, -0.15) is 0 Å². The van der Waals surface area contributed by atoms with Crippen LogP contribution in [0.2, 0.25) is 0 Å². The van der Waals surface area contributed by atoms with Gasteiger partial charge in [0, 0.05) is 18.8 Å². The molecule has 0 N–H and O–H groups in total. The second-order valence-corrected chi connectivity index (χ2v) is 8.71. The van der Waals surface area contributed by atoms with Gasteiger partial charge in [0.05, 0.1) is 0 Å². The number of benzene rings is 3. The molecule has 1 heteroatoms. The molecule has 1 unspecified atom stereocenters. The number of allylic oxidation sites excluding steroid dienone is 4. The molecule has 1 aliphatic carbocycles. The van der Waals surface area contributed by atoms with E-state index in [0.717, 1.165) is 31.2 Å². The van der Waals surface area contributed by atoms with Crippen molar-refractivity contribution in [1.82, 2.24) is 0 Å². The number of Topliss-reactive ketones (excluding diaryl/α,β-unsaturated/α-hetero) is 1. The Hall–Kier alpha value is -3.19. The molecular formula is C31H32O. The van der Waals surface area contributed by atoms with Crippen LogP contribution in [0.3, 0.4) is 0 Å². The first kappa shape index (κ1) is 22.0. The molecule has 0 saturated heterocycles. The maximum absolute atomic E-state index is 12.7. The van der Waals surface area contributed by atoms with Crippen LogP contribution < -0.4 is 0 Å². The van der Waals surface area contributed by atoms with E-state index >= 15 is 0 Å². The largest absolute Gasteiger partial charge is 0.299 e. The molecule has 0 bridgehead atoms. The summed E-state index contributed by atoms with van der Waals surface area (Å²) in [5.41, 5.74) is 7.89. The smallest absolute Gasteiger partial charge is 0.137 e. The van der Waals surface area contributed by atoms with E-state index in [4.69, 9.17) is 0 Å². The second-order valence-electron chi connectivity index (χ2n) is 8.71. The highest BCUT2D eigenvalue weighted by Gasteiger charge is 2.22. The summed E-state index contributed by atoms with van der Waals surface area (Å²) in [6.07, 6.45) is 9.65. The number of carbonyl (C=O) groups excluding carboxylic acids is 1. The molecule has 1 atom stereocenters. The quantitative estimate of drug-likeness (QED) is 0.334. The standard InChI is InChI=1S/C31H32O/c1-2-30-28(20-22-31(30)27-11-7-4-8-12-27)19-21-29(32)23-26-17-15-25(16-18-26)14-13-24-9-5-3-6-10-24/h3-12,15-18,20,22,30H,2,13-14,19,21,23H2,1H3. The zero-order valence-electron chi connectivity index (χ0n) is 19.0. The average molecular weight is 421 g/mol. The minimum atomic E-state index is 0.325. The van der Waals surface area contributed by atoms with Gasteiger partial charge in [0.2, 0.25) is 0 Å². The Morgan fingerprint density at radius 2 is 1.28 bits per heavy atom. The summed E-state index contributed by atoms with van der Waals surface area (Å²) < 4.78 is 0.